The van der Waals surface area contributed by atoms with Gasteiger partial charge in [-0.3, -0.25) is 4.90 Å². The van der Waals surface area contributed by atoms with Crippen LogP contribution in [0, 0.1) is 11.7 Å². The molecule has 1 aliphatic heterocycles. The molecule has 1 aliphatic carbocycles. The van der Waals surface area contributed by atoms with Crippen molar-refractivity contribution in [3.8, 4) is 0 Å². The molecule has 126 valence electrons. The first-order chi connectivity index (χ1) is 11.7. The molecule has 2 aliphatic rings. The Labute approximate surface area is 147 Å². The topological polar surface area (TPSA) is 6.48 Å². The molecule has 4 rings (SSSR count). The van der Waals surface area contributed by atoms with E-state index in [2.05, 4.69) is 21.9 Å². The highest BCUT2D eigenvalue weighted by atomic mass is 35.5. The molecule has 2 fully saturated rings. The fourth-order valence-electron chi connectivity index (χ4n) is 3.74. The van der Waals surface area contributed by atoms with E-state index in [1.54, 1.807) is 12.1 Å². The molecule has 4 heteroatoms. The lowest BCUT2D eigenvalue weighted by Crippen LogP contribution is -2.47. The maximum Gasteiger partial charge on any atom is 0.123 e. The fraction of sp³-hybridized carbons (Fsp3) is 0.400. The molecule has 0 amide bonds. The second-order valence-corrected chi connectivity index (χ2v) is 7.35. The summed E-state index contributed by atoms with van der Waals surface area (Å²) in [6.45, 7) is 5.51. The first kappa shape index (κ1) is 15.9. The second kappa shape index (κ2) is 6.73. The number of rotatable bonds is 4. The summed E-state index contributed by atoms with van der Waals surface area (Å²) in [4.78, 5) is 5.00. The third-order valence-corrected chi connectivity index (χ3v) is 5.53. The van der Waals surface area contributed by atoms with Gasteiger partial charge in [-0.15, -0.1) is 0 Å². The Morgan fingerprint density at radius 1 is 0.917 bits per heavy atom. The minimum Gasteiger partial charge on any atom is -0.369 e. The monoisotopic (exact) mass is 344 g/mol. The minimum atomic E-state index is -0.144. The largest absolute Gasteiger partial charge is 0.369 e. The van der Waals surface area contributed by atoms with E-state index in [0.29, 0.717) is 5.92 Å². The van der Waals surface area contributed by atoms with Gasteiger partial charge in [0.25, 0.3) is 0 Å². The molecule has 0 N–H and O–H groups in total. The van der Waals surface area contributed by atoms with Crippen molar-refractivity contribution >= 4 is 17.3 Å². The molecule has 0 aromatic heterocycles. The van der Waals surface area contributed by atoms with Crippen LogP contribution < -0.4 is 4.90 Å². The number of halogens is 2. The lowest BCUT2D eigenvalue weighted by molar-refractivity contribution is 0.246. The molecule has 1 heterocycles. The Balaban J connectivity index is 1.27. The minimum absolute atomic E-state index is 0.144. The van der Waals surface area contributed by atoms with Crippen LogP contribution in [0.4, 0.5) is 10.1 Å². The third kappa shape index (κ3) is 3.57. The van der Waals surface area contributed by atoms with E-state index in [9.17, 15) is 4.39 Å². The van der Waals surface area contributed by atoms with Gasteiger partial charge in [-0.1, -0.05) is 23.7 Å². The Bertz CT molecular complexity index is 678. The van der Waals surface area contributed by atoms with Crippen LogP contribution in [0.5, 0.6) is 0 Å². The highest BCUT2D eigenvalue weighted by Gasteiger charge is 2.39. The van der Waals surface area contributed by atoms with Gasteiger partial charge in [-0.05, 0) is 60.2 Å². The van der Waals surface area contributed by atoms with Crippen molar-refractivity contribution in [3.05, 3.63) is 64.9 Å². The molecule has 1 saturated carbocycles. The molecular formula is C20H22ClFN2. The predicted octanol–water partition coefficient (Wildman–Crippen LogP) is 4.40. The summed E-state index contributed by atoms with van der Waals surface area (Å²) in [5.41, 5.74) is 2.55. The lowest BCUT2D eigenvalue weighted by atomic mass is 10.1. The van der Waals surface area contributed by atoms with Gasteiger partial charge < -0.3 is 4.90 Å². The highest BCUT2D eigenvalue weighted by Crippen LogP contribution is 2.47. The average Bonchev–Trinajstić information content (AvgIpc) is 3.36. The van der Waals surface area contributed by atoms with E-state index in [0.717, 1.165) is 43.7 Å². The van der Waals surface area contributed by atoms with Crippen LogP contribution in [0.3, 0.4) is 0 Å². The van der Waals surface area contributed by atoms with Gasteiger partial charge in [0, 0.05) is 43.4 Å². The van der Waals surface area contributed by atoms with Crippen LogP contribution in [0.15, 0.2) is 48.5 Å². The van der Waals surface area contributed by atoms with Crippen molar-refractivity contribution in [2.24, 2.45) is 5.92 Å². The van der Waals surface area contributed by atoms with E-state index < -0.39 is 0 Å². The summed E-state index contributed by atoms with van der Waals surface area (Å²) in [7, 11) is 0. The first-order valence-electron chi connectivity index (χ1n) is 8.67. The second-order valence-electron chi connectivity index (χ2n) is 6.92. The van der Waals surface area contributed by atoms with Gasteiger partial charge in [-0.2, -0.15) is 0 Å². The van der Waals surface area contributed by atoms with Crippen LogP contribution in [-0.4, -0.2) is 37.6 Å². The quantitative estimate of drug-likeness (QED) is 0.810. The molecule has 2 atom stereocenters. The van der Waals surface area contributed by atoms with Crippen molar-refractivity contribution in [1.82, 2.24) is 4.90 Å². The first-order valence-corrected chi connectivity index (χ1v) is 9.05. The van der Waals surface area contributed by atoms with Crippen LogP contribution in [0.1, 0.15) is 17.9 Å². The van der Waals surface area contributed by atoms with E-state index in [4.69, 9.17) is 11.6 Å². The van der Waals surface area contributed by atoms with Crippen LogP contribution in [0.25, 0.3) is 0 Å². The fourth-order valence-corrected chi connectivity index (χ4v) is 3.87. The van der Waals surface area contributed by atoms with Gasteiger partial charge in [0.2, 0.25) is 0 Å². The number of hydrogen-bond acceptors (Lipinski definition) is 2. The van der Waals surface area contributed by atoms with E-state index in [1.807, 2.05) is 24.3 Å². The average molecular weight is 345 g/mol. The Hall–Kier alpha value is -1.58. The molecule has 2 nitrogen and oxygen atoms in total. The van der Waals surface area contributed by atoms with Crippen molar-refractivity contribution in [1.29, 1.82) is 0 Å². The Morgan fingerprint density at radius 2 is 1.58 bits per heavy atom. The van der Waals surface area contributed by atoms with Gasteiger partial charge >= 0.3 is 0 Å². The number of hydrogen-bond donors (Lipinski definition) is 0. The summed E-state index contributed by atoms with van der Waals surface area (Å²) in [5.74, 6) is 1.21. The molecule has 2 aromatic carbocycles. The van der Waals surface area contributed by atoms with E-state index >= 15 is 0 Å². The van der Waals surface area contributed by atoms with Crippen molar-refractivity contribution in [2.75, 3.05) is 37.6 Å². The summed E-state index contributed by atoms with van der Waals surface area (Å²) in [6.07, 6.45) is 1.24. The maximum atomic E-state index is 13.0. The number of benzene rings is 2. The van der Waals surface area contributed by atoms with Gasteiger partial charge in [0.05, 0.1) is 0 Å². The predicted molar refractivity (Wildman–Crippen MR) is 97.4 cm³/mol. The highest BCUT2D eigenvalue weighted by molar-refractivity contribution is 6.30. The van der Waals surface area contributed by atoms with Gasteiger partial charge in [-0.25, -0.2) is 4.39 Å². The number of anilines is 1. The normalized spacial score (nSPS) is 24.2. The standard InChI is InChI=1S/C20H22ClFN2/c21-17-3-7-19(8-4-17)24-11-9-23(10-12-24)14-16-13-20(16)15-1-5-18(22)6-2-15/h1-8,16,20H,9-14H2/t16-,20-/m1/s1. The molecular weight excluding hydrogens is 323 g/mol. The van der Waals surface area contributed by atoms with Gasteiger partial charge in [0.1, 0.15) is 5.82 Å². The molecule has 0 radical (unpaired) electrons. The summed E-state index contributed by atoms with van der Waals surface area (Å²) < 4.78 is 13.0. The Kier molecular flexibility index (Phi) is 4.47. The summed E-state index contributed by atoms with van der Waals surface area (Å²) in [5, 5.41) is 0.790. The van der Waals surface area contributed by atoms with Crippen LogP contribution >= 0.6 is 11.6 Å². The SMILES string of the molecule is Fc1ccc([C@H]2C[C@@H]2CN2CCN(c3ccc(Cl)cc3)CC2)cc1. The van der Waals surface area contributed by atoms with Crippen molar-refractivity contribution < 1.29 is 4.39 Å². The smallest absolute Gasteiger partial charge is 0.123 e. The molecule has 0 unspecified atom stereocenters. The molecule has 24 heavy (non-hydrogen) atoms. The molecule has 1 saturated heterocycles. The third-order valence-electron chi connectivity index (χ3n) is 5.28. The zero-order chi connectivity index (χ0) is 16.5. The molecule has 0 bridgehead atoms. The van der Waals surface area contributed by atoms with E-state index in [1.165, 1.54) is 17.7 Å². The number of piperazine rings is 1. The van der Waals surface area contributed by atoms with Gasteiger partial charge in [0.15, 0.2) is 0 Å². The zero-order valence-electron chi connectivity index (χ0n) is 13.7. The molecule has 0 spiro atoms. The van der Waals surface area contributed by atoms with E-state index in [-0.39, 0.29) is 5.82 Å². The summed E-state index contributed by atoms with van der Waals surface area (Å²) >= 11 is 5.96. The summed E-state index contributed by atoms with van der Waals surface area (Å²) in [6, 6.07) is 15.2. The van der Waals surface area contributed by atoms with Crippen molar-refractivity contribution in [3.63, 3.8) is 0 Å². The van der Waals surface area contributed by atoms with Crippen molar-refractivity contribution in [2.45, 2.75) is 12.3 Å². The molecule has 2 aromatic rings. The lowest BCUT2D eigenvalue weighted by Gasteiger charge is -2.36. The maximum absolute atomic E-state index is 13.0. The number of nitrogens with zero attached hydrogens (tertiary/aromatic N) is 2. The Morgan fingerprint density at radius 3 is 2.25 bits per heavy atom. The van der Waals surface area contributed by atoms with Crippen LogP contribution in [0.2, 0.25) is 5.02 Å². The van der Waals surface area contributed by atoms with Crippen LogP contribution in [-0.2, 0) is 0 Å². The zero-order valence-corrected chi connectivity index (χ0v) is 14.4.